The second-order valence-electron chi connectivity index (χ2n) is 3.53. The van der Waals surface area contributed by atoms with Crippen molar-refractivity contribution < 1.29 is 4.39 Å². The van der Waals surface area contributed by atoms with E-state index in [1.807, 2.05) is 0 Å². The Morgan fingerprint density at radius 2 is 2.18 bits per heavy atom. The summed E-state index contributed by atoms with van der Waals surface area (Å²) in [7, 11) is 0. The van der Waals surface area contributed by atoms with Gasteiger partial charge in [0.25, 0.3) is 0 Å². The van der Waals surface area contributed by atoms with E-state index >= 15 is 0 Å². The second kappa shape index (κ2) is 5.14. The molecule has 0 atom stereocenters. The fraction of sp³-hybridized carbons (Fsp3) is 0.0833. The summed E-state index contributed by atoms with van der Waals surface area (Å²) in [4.78, 5) is 3.94. The van der Waals surface area contributed by atoms with Crippen LogP contribution in [0, 0.1) is 5.82 Å². The summed E-state index contributed by atoms with van der Waals surface area (Å²) in [5.41, 5.74) is 6.95. The van der Waals surface area contributed by atoms with Gasteiger partial charge in [-0.15, -0.1) is 0 Å². The zero-order chi connectivity index (χ0) is 12.3. The van der Waals surface area contributed by atoms with Gasteiger partial charge in [0, 0.05) is 22.8 Å². The molecule has 0 aliphatic carbocycles. The molecule has 3 nitrogen and oxygen atoms in total. The molecule has 0 bridgehead atoms. The van der Waals surface area contributed by atoms with Crippen LogP contribution in [-0.2, 0) is 6.54 Å². The fourth-order valence-electron chi connectivity index (χ4n) is 1.44. The van der Waals surface area contributed by atoms with Gasteiger partial charge in [0.1, 0.15) is 11.6 Å². The summed E-state index contributed by atoms with van der Waals surface area (Å²) in [5, 5.41) is 3.05. The second-order valence-corrected chi connectivity index (χ2v) is 4.44. The number of nitrogen functional groups attached to an aromatic ring is 1. The molecule has 0 saturated carbocycles. The molecular formula is C12H11BrFN3. The van der Waals surface area contributed by atoms with Crippen LogP contribution in [0.5, 0.6) is 0 Å². The summed E-state index contributed by atoms with van der Waals surface area (Å²) in [6, 6.07) is 8.40. The molecule has 0 saturated heterocycles. The van der Waals surface area contributed by atoms with E-state index in [1.165, 1.54) is 6.07 Å². The molecule has 0 aliphatic rings. The van der Waals surface area contributed by atoms with E-state index in [1.54, 1.807) is 30.5 Å². The topological polar surface area (TPSA) is 50.9 Å². The first-order chi connectivity index (χ1) is 8.16. The van der Waals surface area contributed by atoms with E-state index in [4.69, 9.17) is 5.73 Å². The maximum atomic E-state index is 13.5. The zero-order valence-electron chi connectivity index (χ0n) is 8.95. The minimum absolute atomic E-state index is 0.247. The van der Waals surface area contributed by atoms with Crippen molar-refractivity contribution in [3.8, 4) is 0 Å². The van der Waals surface area contributed by atoms with E-state index in [9.17, 15) is 4.39 Å². The first-order valence-corrected chi connectivity index (χ1v) is 5.84. The van der Waals surface area contributed by atoms with Crippen LogP contribution < -0.4 is 11.1 Å². The Hall–Kier alpha value is -1.62. The molecule has 0 radical (unpaired) electrons. The van der Waals surface area contributed by atoms with Gasteiger partial charge < -0.3 is 11.1 Å². The zero-order valence-corrected chi connectivity index (χ0v) is 10.5. The summed E-state index contributed by atoms with van der Waals surface area (Å²) in [5.74, 6) is 0.158. The van der Waals surface area contributed by atoms with Gasteiger partial charge in [-0.3, -0.25) is 0 Å². The van der Waals surface area contributed by atoms with Gasteiger partial charge in [-0.1, -0.05) is 15.9 Å². The highest BCUT2D eigenvalue weighted by Crippen LogP contribution is 2.19. The third-order valence-electron chi connectivity index (χ3n) is 2.32. The molecular weight excluding hydrogens is 285 g/mol. The van der Waals surface area contributed by atoms with Crippen LogP contribution in [0.1, 0.15) is 5.56 Å². The summed E-state index contributed by atoms with van der Waals surface area (Å²) in [6.45, 7) is 0.362. The quantitative estimate of drug-likeness (QED) is 0.914. The smallest absolute Gasteiger partial charge is 0.146 e. The molecule has 0 unspecified atom stereocenters. The van der Waals surface area contributed by atoms with E-state index < -0.39 is 0 Å². The van der Waals surface area contributed by atoms with Crippen molar-refractivity contribution in [1.29, 1.82) is 0 Å². The van der Waals surface area contributed by atoms with Crippen molar-refractivity contribution in [3.63, 3.8) is 0 Å². The first kappa shape index (κ1) is 11.9. The Labute approximate surface area is 107 Å². The number of pyridine rings is 1. The van der Waals surface area contributed by atoms with Crippen molar-refractivity contribution in [3.05, 3.63) is 52.4 Å². The number of halogens is 2. The third kappa shape index (κ3) is 2.94. The van der Waals surface area contributed by atoms with Crippen LogP contribution in [0.15, 0.2) is 41.0 Å². The molecule has 0 aliphatic heterocycles. The standard InChI is InChI=1S/C12H11BrFN3/c13-9-3-4-10(14)8(6-9)7-17-11-2-1-5-16-12(11)15/h1-6,17H,7H2,(H2,15,16). The normalized spacial score (nSPS) is 10.2. The van der Waals surface area contributed by atoms with E-state index in [0.29, 0.717) is 23.6 Å². The summed E-state index contributed by atoms with van der Waals surface area (Å²) >= 11 is 3.31. The minimum Gasteiger partial charge on any atom is -0.382 e. The molecule has 0 spiro atoms. The lowest BCUT2D eigenvalue weighted by atomic mass is 10.2. The number of rotatable bonds is 3. The van der Waals surface area contributed by atoms with Gasteiger partial charge in [0.2, 0.25) is 0 Å². The molecule has 0 fully saturated rings. The van der Waals surface area contributed by atoms with Gasteiger partial charge in [-0.05, 0) is 30.3 Å². The van der Waals surface area contributed by atoms with Crippen LogP contribution in [0.25, 0.3) is 0 Å². The molecule has 1 heterocycles. The number of hydrogen-bond acceptors (Lipinski definition) is 3. The maximum Gasteiger partial charge on any atom is 0.146 e. The van der Waals surface area contributed by atoms with E-state index in [2.05, 4.69) is 26.2 Å². The molecule has 1 aromatic carbocycles. The Bertz CT molecular complexity index is 531. The highest BCUT2D eigenvalue weighted by Gasteiger charge is 2.04. The Balaban J connectivity index is 2.12. The molecule has 5 heteroatoms. The van der Waals surface area contributed by atoms with E-state index in [-0.39, 0.29) is 5.82 Å². The molecule has 2 rings (SSSR count). The van der Waals surface area contributed by atoms with Gasteiger partial charge in [-0.25, -0.2) is 9.37 Å². The molecule has 0 amide bonds. The van der Waals surface area contributed by atoms with Gasteiger partial charge in [0.05, 0.1) is 5.69 Å². The fourth-order valence-corrected chi connectivity index (χ4v) is 1.84. The number of nitrogens with zero attached hydrogens (tertiary/aromatic N) is 1. The van der Waals surface area contributed by atoms with Crippen LogP contribution in [-0.4, -0.2) is 4.98 Å². The van der Waals surface area contributed by atoms with Crippen molar-refractivity contribution in [2.45, 2.75) is 6.54 Å². The first-order valence-electron chi connectivity index (χ1n) is 5.05. The predicted octanol–water partition coefficient (Wildman–Crippen LogP) is 3.18. The molecule has 3 N–H and O–H groups in total. The van der Waals surface area contributed by atoms with Crippen LogP contribution in [0.3, 0.4) is 0 Å². The van der Waals surface area contributed by atoms with Crippen LogP contribution >= 0.6 is 15.9 Å². The number of nitrogens with two attached hydrogens (primary N) is 1. The van der Waals surface area contributed by atoms with E-state index in [0.717, 1.165) is 4.47 Å². The Morgan fingerprint density at radius 3 is 2.94 bits per heavy atom. The number of anilines is 2. The lowest BCUT2D eigenvalue weighted by Gasteiger charge is -2.09. The number of hydrogen-bond donors (Lipinski definition) is 2. The monoisotopic (exact) mass is 295 g/mol. The average Bonchev–Trinajstić information content (AvgIpc) is 2.32. The molecule has 17 heavy (non-hydrogen) atoms. The largest absolute Gasteiger partial charge is 0.382 e. The Kier molecular flexibility index (Phi) is 3.58. The van der Waals surface area contributed by atoms with Gasteiger partial charge in [-0.2, -0.15) is 0 Å². The number of aromatic nitrogens is 1. The molecule has 88 valence electrons. The summed E-state index contributed by atoms with van der Waals surface area (Å²) < 4.78 is 14.3. The SMILES string of the molecule is Nc1ncccc1NCc1cc(Br)ccc1F. The highest BCUT2D eigenvalue weighted by atomic mass is 79.9. The molecule has 1 aromatic heterocycles. The average molecular weight is 296 g/mol. The minimum atomic E-state index is -0.247. The maximum absolute atomic E-state index is 13.5. The highest BCUT2D eigenvalue weighted by molar-refractivity contribution is 9.10. The van der Waals surface area contributed by atoms with Gasteiger partial charge in [0.15, 0.2) is 0 Å². The van der Waals surface area contributed by atoms with Gasteiger partial charge >= 0.3 is 0 Å². The van der Waals surface area contributed by atoms with Crippen molar-refractivity contribution in [2.24, 2.45) is 0 Å². The van der Waals surface area contributed by atoms with Crippen molar-refractivity contribution in [2.75, 3.05) is 11.1 Å². The third-order valence-corrected chi connectivity index (χ3v) is 2.81. The molecule has 2 aromatic rings. The number of benzene rings is 1. The van der Waals surface area contributed by atoms with Crippen LogP contribution in [0.2, 0.25) is 0 Å². The lowest BCUT2D eigenvalue weighted by molar-refractivity contribution is 0.612. The van der Waals surface area contributed by atoms with Crippen molar-refractivity contribution in [1.82, 2.24) is 4.98 Å². The van der Waals surface area contributed by atoms with Crippen LogP contribution in [0.4, 0.5) is 15.9 Å². The lowest BCUT2D eigenvalue weighted by Crippen LogP contribution is -2.05. The number of nitrogens with one attached hydrogen (secondary N) is 1. The predicted molar refractivity (Wildman–Crippen MR) is 70.1 cm³/mol. The Morgan fingerprint density at radius 1 is 1.35 bits per heavy atom. The van der Waals surface area contributed by atoms with Crippen molar-refractivity contribution >= 4 is 27.4 Å². The summed E-state index contributed by atoms with van der Waals surface area (Å²) in [6.07, 6.45) is 1.61.